The van der Waals surface area contributed by atoms with E-state index in [9.17, 15) is 18.0 Å². The molecule has 0 spiro atoms. The number of nitrogens with two attached hydrogens (primary N) is 1. The Morgan fingerprint density at radius 3 is 2.60 bits per heavy atom. The number of aryl methyl sites for hydroxylation is 1. The molecule has 0 unspecified atom stereocenters. The van der Waals surface area contributed by atoms with Crippen molar-refractivity contribution in [1.82, 2.24) is 4.90 Å². The number of benzene rings is 1. The minimum absolute atomic E-state index is 0.142. The van der Waals surface area contributed by atoms with Crippen LogP contribution < -0.4 is 11.1 Å². The van der Waals surface area contributed by atoms with Gasteiger partial charge in [0.2, 0.25) is 5.91 Å². The van der Waals surface area contributed by atoms with Crippen LogP contribution in [0.2, 0.25) is 0 Å². The average Bonchev–Trinajstić information content (AvgIpc) is 2.31. The molecule has 0 fully saturated rings. The van der Waals surface area contributed by atoms with Gasteiger partial charge >= 0.3 is 6.18 Å². The van der Waals surface area contributed by atoms with Crippen molar-refractivity contribution in [2.24, 2.45) is 0 Å². The number of nitrogens with one attached hydrogen (secondary N) is 1. The molecule has 7 heteroatoms. The summed E-state index contributed by atoms with van der Waals surface area (Å²) in [6.45, 7) is 2.08. The van der Waals surface area contributed by atoms with Gasteiger partial charge in [-0.15, -0.1) is 0 Å². The maximum Gasteiger partial charge on any atom is 0.401 e. The predicted molar refractivity (Wildman–Crippen MR) is 72.4 cm³/mol. The molecule has 4 nitrogen and oxygen atoms in total. The molecule has 0 bridgehead atoms. The van der Waals surface area contributed by atoms with Crippen molar-refractivity contribution in [3.05, 3.63) is 23.8 Å². The lowest BCUT2D eigenvalue weighted by atomic mass is 10.2. The van der Waals surface area contributed by atoms with Crippen LogP contribution in [-0.4, -0.2) is 36.6 Å². The molecule has 0 saturated heterocycles. The molecule has 112 valence electrons. The summed E-state index contributed by atoms with van der Waals surface area (Å²) in [5.41, 5.74) is 7.39. The highest BCUT2D eigenvalue weighted by atomic mass is 19.4. The van der Waals surface area contributed by atoms with Crippen molar-refractivity contribution in [2.75, 3.05) is 30.7 Å². The molecule has 0 atom stereocenters. The Balaban J connectivity index is 2.64. The Morgan fingerprint density at radius 2 is 2.05 bits per heavy atom. The largest absolute Gasteiger partial charge is 0.401 e. The summed E-state index contributed by atoms with van der Waals surface area (Å²) in [4.78, 5) is 12.8. The lowest BCUT2D eigenvalue weighted by Gasteiger charge is -2.21. The van der Waals surface area contributed by atoms with E-state index >= 15 is 0 Å². The van der Waals surface area contributed by atoms with Crippen molar-refractivity contribution < 1.29 is 18.0 Å². The number of rotatable bonds is 5. The van der Waals surface area contributed by atoms with Gasteiger partial charge in [-0.3, -0.25) is 9.69 Å². The molecule has 0 aliphatic carbocycles. The van der Waals surface area contributed by atoms with E-state index in [2.05, 4.69) is 5.32 Å². The summed E-state index contributed by atoms with van der Waals surface area (Å²) in [5, 5.41) is 2.57. The number of hydrogen-bond acceptors (Lipinski definition) is 3. The van der Waals surface area contributed by atoms with Crippen LogP contribution in [0.25, 0.3) is 0 Å². The van der Waals surface area contributed by atoms with Crippen LogP contribution in [0.4, 0.5) is 24.5 Å². The van der Waals surface area contributed by atoms with Gasteiger partial charge in [0.25, 0.3) is 0 Å². The van der Waals surface area contributed by atoms with Gasteiger partial charge in [0, 0.05) is 11.4 Å². The number of likely N-dealkylation sites (N-methyl/N-ethyl adjacent to an activating group) is 1. The molecule has 0 aliphatic heterocycles. The SMILES string of the molecule is CCN(CC(=O)Nc1cc(N)ccc1C)CC(F)(F)F. The van der Waals surface area contributed by atoms with Gasteiger partial charge in [-0.1, -0.05) is 13.0 Å². The van der Waals surface area contributed by atoms with E-state index in [0.29, 0.717) is 11.4 Å². The van der Waals surface area contributed by atoms with Crippen molar-refractivity contribution in [3.8, 4) is 0 Å². The van der Waals surface area contributed by atoms with Crippen LogP contribution in [-0.2, 0) is 4.79 Å². The number of carbonyl (C=O) groups is 1. The van der Waals surface area contributed by atoms with Crippen molar-refractivity contribution in [1.29, 1.82) is 0 Å². The fourth-order valence-corrected chi connectivity index (χ4v) is 1.70. The first kappa shape index (κ1) is 16.3. The Bertz CT molecular complexity index is 474. The standard InChI is InChI=1S/C13H18F3N3O/c1-3-19(8-13(14,15)16)7-12(20)18-11-6-10(17)5-4-9(11)2/h4-6H,3,7-8,17H2,1-2H3,(H,18,20). The smallest absolute Gasteiger partial charge is 0.399 e. The molecule has 3 N–H and O–H groups in total. The van der Waals surface area contributed by atoms with Gasteiger partial charge in [0.1, 0.15) is 0 Å². The molecule has 1 rings (SSSR count). The van der Waals surface area contributed by atoms with Crippen molar-refractivity contribution >= 4 is 17.3 Å². The van der Waals surface area contributed by atoms with Crippen LogP contribution >= 0.6 is 0 Å². The van der Waals surface area contributed by atoms with Crippen molar-refractivity contribution in [3.63, 3.8) is 0 Å². The zero-order valence-corrected chi connectivity index (χ0v) is 11.4. The quantitative estimate of drug-likeness (QED) is 0.818. The summed E-state index contributed by atoms with van der Waals surface area (Å²) >= 11 is 0. The fourth-order valence-electron chi connectivity index (χ4n) is 1.70. The highest BCUT2D eigenvalue weighted by Crippen LogP contribution is 2.19. The van der Waals surface area contributed by atoms with E-state index in [1.165, 1.54) is 0 Å². The fraction of sp³-hybridized carbons (Fsp3) is 0.462. The number of alkyl halides is 3. The second-order valence-electron chi connectivity index (χ2n) is 4.54. The van der Waals surface area contributed by atoms with Crippen molar-refractivity contribution in [2.45, 2.75) is 20.0 Å². The number of amides is 1. The molecule has 1 aromatic rings. The molecular weight excluding hydrogens is 271 g/mol. The average molecular weight is 289 g/mol. The van der Waals surface area contributed by atoms with Crippen LogP contribution in [0.1, 0.15) is 12.5 Å². The molecule has 0 heterocycles. The van der Waals surface area contributed by atoms with E-state index in [1.807, 2.05) is 0 Å². The van der Waals surface area contributed by atoms with E-state index in [1.54, 1.807) is 32.0 Å². The number of halogens is 3. The Labute approximate surface area is 115 Å². The Kier molecular flexibility index (Phi) is 5.38. The Hall–Kier alpha value is -1.76. The van der Waals surface area contributed by atoms with E-state index < -0.39 is 18.6 Å². The lowest BCUT2D eigenvalue weighted by molar-refractivity contribution is -0.147. The number of nitrogens with zero attached hydrogens (tertiary/aromatic N) is 1. The summed E-state index contributed by atoms with van der Waals surface area (Å²) in [5.74, 6) is -0.496. The normalized spacial score (nSPS) is 11.7. The number of hydrogen-bond donors (Lipinski definition) is 2. The van der Waals surface area contributed by atoms with E-state index in [0.717, 1.165) is 10.5 Å². The minimum atomic E-state index is -4.32. The van der Waals surface area contributed by atoms with Gasteiger partial charge in [0.15, 0.2) is 0 Å². The first-order chi connectivity index (χ1) is 9.21. The van der Waals surface area contributed by atoms with Gasteiger partial charge in [0.05, 0.1) is 13.1 Å². The van der Waals surface area contributed by atoms with Crippen LogP contribution in [0.5, 0.6) is 0 Å². The predicted octanol–water partition coefficient (Wildman–Crippen LogP) is 2.40. The number of anilines is 2. The maximum absolute atomic E-state index is 12.3. The summed E-state index contributed by atoms with van der Waals surface area (Å²) in [7, 11) is 0. The zero-order chi connectivity index (χ0) is 15.3. The molecule has 1 amide bonds. The van der Waals surface area contributed by atoms with E-state index in [4.69, 9.17) is 5.73 Å². The molecule has 0 aromatic heterocycles. The monoisotopic (exact) mass is 289 g/mol. The summed E-state index contributed by atoms with van der Waals surface area (Å²) in [6, 6.07) is 5.00. The van der Waals surface area contributed by atoms with E-state index in [-0.39, 0.29) is 13.1 Å². The highest BCUT2D eigenvalue weighted by Gasteiger charge is 2.30. The highest BCUT2D eigenvalue weighted by molar-refractivity contribution is 5.93. The van der Waals surface area contributed by atoms with Gasteiger partial charge in [-0.25, -0.2) is 0 Å². The second-order valence-corrected chi connectivity index (χ2v) is 4.54. The summed E-state index contributed by atoms with van der Waals surface area (Å²) in [6.07, 6.45) is -4.32. The van der Waals surface area contributed by atoms with Gasteiger partial charge < -0.3 is 11.1 Å². The maximum atomic E-state index is 12.3. The first-order valence-corrected chi connectivity index (χ1v) is 6.16. The molecule has 0 aliphatic rings. The topological polar surface area (TPSA) is 58.4 Å². The lowest BCUT2D eigenvalue weighted by Crippen LogP contribution is -2.39. The third-order valence-corrected chi connectivity index (χ3v) is 2.75. The third-order valence-electron chi connectivity index (χ3n) is 2.75. The summed E-state index contributed by atoms with van der Waals surface area (Å²) < 4.78 is 36.9. The van der Waals surface area contributed by atoms with Gasteiger partial charge in [-0.05, 0) is 31.2 Å². The van der Waals surface area contributed by atoms with Gasteiger partial charge in [-0.2, -0.15) is 13.2 Å². The molecular formula is C13H18F3N3O. The van der Waals surface area contributed by atoms with Crippen LogP contribution in [0.15, 0.2) is 18.2 Å². The molecule has 0 radical (unpaired) electrons. The first-order valence-electron chi connectivity index (χ1n) is 6.16. The van der Waals surface area contributed by atoms with Crippen LogP contribution in [0, 0.1) is 6.92 Å². The molecule has 20 heavy (non-hydrogen) atoms. The number of carbonyl (C=O) groups excluding carboxylic acids is 1. The Morgan fingerprint density at radius 1 is 1.40 bits per heavy atom. The second kappa shape index (κ2) is 6.60. The number of nitrogen functional groups attached to an aromatic ring is 1. The molecule has 1 aromatic carbocycles. The zero-order valence-electron chi connectivity index (χ0n) is 11.4. The minimum Gasteiger partial charge on any atom is -0.399 e. The molecule has 0 saturated carbocycles. The third kappa shape index (κ3) is 5.48. The van der Waals surface area contributed by atoms with Crippen LogP contribution in [0.3, 0.4) is 0 Å².